The molecule has 27 heavy (non-hydrogen) atoms. The van der Waals surface area contributed by atoms with Gasteiger partial charge < -0.3 is 5.32 Å². The fourth-order valence-electron chi connectivity index (χ4n) is 2.88. The van der Waals surface area contributed by atoms with E-state index in [-0.39, 0.29) is 30.4 Å². The van der Waals surface area contributed by atoms with Crippen LogP contribution in [0.15, 0.2) is 58.1 Å². The molecule has 140 valence electrons. The van der Waals surface area contributed by atoms with Crippen molar-refractivity contribution in [1.82, 2.24) is 14.9 Å². The van der Waals surface area contributed by atoms with E-state index in [0.717, 1.165) is 4.47 Å². The molecule has 2 aromatic carbocycles. The Morgan fingerprint density at radius 3 is 2.74 bits per heavy atom. The van der Waals surface area contributed by atoms with E-state index >= 15 is 0 Å². The fourth-order valence-corrected chi connectivity index (χ4v) is 3.24. The van der Waals surface area contributed by atoms with Gasteiger partial charge in [0.25, 0.3) is 5.56 Å². The lowest BCUT2D eigenvalue weighted by Gasteiger charge is -2.26. The molecule has 0 aliphatic heterocycles. The summed E-state index contributed by atoms with van der Waals surface area (Å²) in [6, 6.07) is 11.7. The average Bonchev–Trinajstić information content (AvgIpc) is 2.63. The number of nitrogens with zero attached hydrogens (tertiary/aromatic N) is 2. The third-order valence-corrected chi connectivity index (χ3v) is 4.92. The van der Waals surface area contributed by atoms with Crippen molar-refractivity contribution in [1.29, 1.82) is 0 Å². The van der Waals surface area contributed by atoms with Crippen LogP contribution < -0.4 is 10.9 Å². The number of carbonyl (C=O) groups is 1. The SMILES string of the molecule is CC(C)(CNC(=O)Cn1cnc2ccc(Br)cc2c1=O)c1ccccc1F. The second-order valence-corrected chi connectivity index (χ2v) is 7.90. The summed E-state index contributed by atoms with van der Waals surface area (Å²) in [6.07, 6.45) is 1.36. The van der Waals surface area contributed by atoms with Crippen molar-refractivity contribution in [3.8, 4) is 0 Å². The molecule has 0 atom stereocenters. The number of aromatic nitrogens is 2. The van der Waals surface area contributed by atoms with Gasteiger partial charge in [0.1, 0.15) is 12.4 Å². The Kier molecular flexibility index (Phi) is 5.41. The largest absolute Gasteiger partial charge is 0.354 e. The van der Waals surface area contributed by atoms with Crippen LogP contribution >= 0.6 is 15.9 Å². The van der Waals surface area contributed by atoms with Gasteiger partial charge in [-0.1, -0.05) is 48.0 Å². The molecule has 3 aromatic rings. The Morgan fingerprint density at radius 2 is 2.00 bits per heavy atom. The van der Waals surface area contributed by atoms with Crippen LogP contribution in [-0.2, 0) is 16.8 Å². The predicted molar refractivity (Wildman–Crippen MR) is 106 cm³/mol. The van der Waals surface area contributed by atoms with Gasteiger partial charge in [0.05, 0.1) is 17.2 Å². The van der Waals surface area contributed by atoms with Gasteiger partial charge in [0.2, 0.25) is 5.91 Å². The zero-order chi connectivity index (χ0) is 19.6. The molecule has 3 rings (SSSR count). The standard InChI is InChI=1S/C20H19BrFN3O2/c1-20(2,15-5-3-4-6-16(15)22)11-23-18(26)10-25-12-24-17-8-7-13(21)9-14(17)19(25)27/h3-9,12H,10-11H2,1-2H3,(H,23,26). The normalized spacial score (nSPS) is 11.6. The minimum atomic E-state index is -0.585. The molecule has 0 aliphatic rings. The van der Waals surface area contributed by atoms with E-state index in [1.807, 2.05) is 13.8 Å². The Labute approximate surface area is 164 Å². The molecular formula is C20H19BrFN3O2. The van der Waals surface area contributed by atoms with Crippen molar-refractivity contribution in [2.45, 2.75) is 25.8 Å². The van der Waals surface area contributed by atoms with Crippen molar-refractivity contribution in [3.63, 3.8) is 0 Å². The smallest absolute Gasteiger partial charge is 0.261 e. The molecule has 0 fully saturated rings. The Bertz CT molecular complexity index is 1060. The zero-order valence-electron chi connectivity index (χ0n) is 15.0. The highest BCUT2D eigenvalue weighted by Gasteiger charge is 2.24. The summed E-state index contributed by atoms with van der Waals surface area (Å²) in [7, 11) is 0. The maximum absolute atomic E-state index is 14.0. The Morgan fingerprint density at radius 1 is 1.26 bits per heavy atom. The second-order valence-electron chi connectivity index (χ2n) is 6.98. The van der Waals surface area contributed by atoms with Gasteiger partial charge in [0, 0.05) is 16.4 Å². The summed E-state index contributed by atoms with van der Waals surface area (Å²) in [5, 5.41) is 3.22. The first-order chi connectivity index (χ1) is 12.8. The average molecular weight is 432 g/mol. The van der Waals surface area contributed by atoms with Crippen LogP contribution in [0.1, 0.15) is 19.4 Å². The molecule has 0 aliphatic carbocycles. The third kappa shape index (κ3) is 4.24. The molecule has 1 N–H and O–H groups in total. The molecule has 1 aromatic heterocycles. The van der Waals surface area contributed by atoms with Gasteiger partial charge in [-0.25, -0.2) is 9.37 Å². The van der Waals surface area contributed by atoms with E-state index in [9.17, 15) is 14.0 Å². The number of nitrogens with one attached hydrogen (secondary N) is 1. The number of rotatable bonds is 5. The van der Waals surface area contributed by atoms with Crippen molar-refractivity contribution in [3.05, 3.63) is 75.0 Å². The number of hydrogen-bond acceptors (Lipinski definition) is 3. The quantitative estimate of drug-likeness (QED) is 0.673. The minimum absolute atomic E-state index is 0.151. The minimum Gasteiger partial charge on any atom is -0.354 e. The van der Waals surface area contributed by atoms with Crippen LogP contribution in [-0.4, -0.2) is 22.0 Å². The summed E-state index contributed by atoms with van der Waals surface area (Å²) in [6.45, 7) is 3.80. The molecule has 0 spiro atoms. The molecular weight excluding hydrogens is 413 g/mol. The Hall–Kier alpha value is -2.54. The van der Waals surface area contributed by atoms with E-state index in [0.29, 0.717) is 16.5 Å². The van der Waals surface area contributed by atoms with Crippen molar-refractivity contribution in [2.75, 3.05) is 6.54 Å². The molecule has 0 unspecified atom stereocenters. The highest BCUT2D eigenvalue weighted by Crippen LogP contribution is 2.24. The van der Waals surface area contributed by atoms with Gasteiger partial charge >= 0.3 is 0 Å². The lowest BCUT2D eigenvalue weighted by Crippen LogP contribution is -2.40. The van der Waals surface area contributed by atoms with Gasteiger partial charge in [-0.15, -0.1) is 0 Å². The van der Waals surface area contributed by atoms with Crippen LogP contribution in [0.25, 0.3) is 10.9 Å². The summed E-state index contributed by atoms with van der Waals surface area (Å²) < 4.78 is 16.1. The molecule has 0 radical (unpaired) electrons. The predicted octanol–water partition coefficient (Wildman–Crippen LogP) is 3.39. The number of amides is 1. The van der Waals surface area contributed by atoms with Crippen LogP contribution in [0.3, 0.4) is 0 Å². The van der Waals surface area contributed by atoms with E-state index < -0.39 is 5.41 Å². The lowest BCUT2D eigenvalue weighted by molar-refractivity contribution is -0.121. The van der Waals surface area contributed by atoms with Crippen LogP contribution in [0.4, 0.5) is 4.39 Å². The molecule has 5 nitrogen and oxygen atoms in total. The van der Waals surface area contributed by atoms with Crippen molar-refractivity contribution in [2.24, 2.45) is 0 Å². The van der Waals surface area contributed by atoms with Crippen LogP contribution in [0.2, 0.25) is 0 Å². The summed E-state index contributed by atoms with van der Waals surface area (Å²) in [4.78, 5) is 29.1. The number of hydrogen-bond donors (Lipinski definition) is 1. The van der Waals surface area contributed by atoms with Gasteiger partial charge in [-0.05, 0) is 29.8 Å². The maximum Gasteiger partial charge on any atom is 0.261 e. The van der Waals surface area contributed by atoms with E-state index in [1.165, 1.54) is 17.0 Å². The number of halogens is 2. The number of carbonyl (C=O) groups excluding carboxylic acids is 1. The number of benzene rings is 2. The van der Waals surface area contributed by atoms with E-state index in [2.05, 4.69) is 26.2 Å². The first kappa shape index (κ1) is 19.2. The zero-order valence-corrected chi connectivity index (χ0v) is 16.6. The molecule has 7 heteroatoms. The fraction of sp³-hybridized carbons (Fsp3) is 0.250. The first-order valence-corrected chi connectivity index (χ1v) is 9.24. The lowest BCUT2D eigenvalue weighted by atomic mass is 9.84. The molecule has 0 bridgehead atoms. The summed E-state index contributed by atoms with van der Waals surface area (Å²) >= 11 is 3.33. The van der Waals surface area contributed by atoms with Gasteiger partial charge in [0.15, 0.2) is 0 Å². The topological polar surface area (TPSA) is 64.0 Å². The van der Waals surface area contributed by atoms with Gasteiger partial charge in [-0.3, -0.25) is 14.2 Å². The van der Waals surface area contributed by atoms with E-state index in [1.54, 1.807) is 36.4 Å². The molecule has 1 amide bonds. The third-order valence-electron chi connectivity index (χ3n) is 4.43. The highest BCUT2D eigenvalue weighted by molar-refractivity contribution is 9.10. The maximum atomic E-state index is 14.0. The van der Waals surface area contributed by atoms with Crippen LogP contribution in [0, 0.1) is 5.82 Å². The molecule has 0 saturated carbocycles. The van der Waals surface area contributed by atoms with Crippen molar-refractivity contribution < 1.29 is 9.18 Å². The molecule has 0 saturated heterocycles. The monoisotopic (exact) mass is 431 g/mol. The summed E-state index contributed by atoms with van der Waals surface area (Å²) in [5.74, 6) is -0.644. The summed E-state index contributed by atoms with van der Waals surface area (Å²) in [5.41, 5.74) is 0.225. The number of fused-ring (bicyclic) bond motifs is 1. The van der Waals surface area contributed by atoms with Crippen molar-refractivity contribution >= 4 is 32.7 Å². The highest BCUT2D eigenvalue weighted by atomic mass is 79.9. The first-order valence-electron chi connectivity index (χ1n) is 8.44. The van der Waals surface area contributed by atoms with Crippen LogP contribution in [0.5, 0.6) is 0 Å². The van der Waals surface area contributed by atoms with E-state index in [4.69, 9.17) is 0 Å². The molecule has 1 heterocycles. The van der Waals surface area contributed by atoms with Gasteiger partial charge in [-0.2, -0.15) is 0 Å². The Balaban J connectivity index is 1.73. The second kappa shape index (κ2) is 7.60.